The molecule has 1 fully saturated rings. The van der Waals surface area contributed by atoms with E-state index < -0.39 is 5.82 Å². The first-order chi connectivity index (χ1) is 11.6. The molecule has 0 spiro atoms. The molecule has 1 saturated heterocycles. The second-order valence-electron chi connectivity index (χ2n) is 5.87. The lowest BCUT2D eigenvalue weighted by molar-refractivity contribution is 0.581. The van der Waals surface area contributed by atoms with Crippen molar-refractivity contribution in [2.45, 2.75) is 18.9 Å². The number of benzene rings is 2. The van der Waals surface area contributed by atoms with Crippen molar-refractivity contribution in [3.05, 3.63) is 69.5 Å². The van der Waals surface area contributed by atoms with Crippen LogP contribution >= 0.6 is 11.6 Å². The van der Waals surface area contributed by atoms with E-state index in [9.17, 15) is 9.18 Å². The average molecular weight is 344 g/mol. The van der Waals surface area contributed by atoms with Crippen molar-refractivity contribution in [2.24, 2.45) is 0 Å². The number of aromatic nitrogens is 2. The van der Waals surface area contributed by atoms with Crippen LogP contribution in [0.2, 0.25) is 5.02 Å². The molecule has 3 aromatic rings. The van der Waals surface area contributed by atoms with Gasteiger partial charge in [-0.15, -0.1) is 0 Å². The molecule has 4 rings (SSSR count). The Morgan fingerprint density at radius 3 is 2.83 bits per heavy atom. The van der Waals surface area contributed by atoms with Crippen LogP contribution in [0.4, 0.5) is 4.39 Å². The Bertz CT molecular complexity index is 980. The lowest BCUT2D eigenvalue weighted by Crippen LogP contribution is -2.29. The number of halogens is 2. The number of rotatable bonds is 2. The maximum atomic E-state index is 13.7. The van der Waals surface area contributed by atoms with Gasteiger partial charge in [0.25, 0.3) is 5.56 Å². The fourth-order valence-corrected chi connectivity index (χ4v) is 3.46. The van der Waals surface area contributed by atoms with E-state index in [0.29, 0.717) is 27.4 Å². The van der Waals surface area contributed by atoms with E-state index >= 15 is 0 Å². The minimum atomic E-state index is -0.399. The Hall–Kier alpha value is -2.24. The van der Waals surface area contributed by atoms with E-state index in [4.69, 9.17) is 11.6 Å². The summed E-state index contributed by atoms with van der Waals surface area (Å²) in [7, 11) is 0. The van der Waals surface area contributed by atoms with Gasteiger partial charge in [0.15, 0.2) is 0 Å². The van der Waals surface area contributed by atoms with Crippen molar-refractivity contribution in [1.82, 2.24) is 14.9 Å². The molecule has 1 aromatic heterocycles. The fraction of sp³-hybridized carbons (Fsp3) is 0.222. The maximum absolute atomic E-state index is 13.7. The van der Waals surface area contributed by atoms with E-state index in [0.717, 1.165) is 19.4 Å². The first-order valence-corrected chi connectivity index (χ1v) is 8.23. The first-order valence-electron chi connectivity index (χ1n) is 7.85. The van der Waals surface area contributed by atoms with Crippen LogP contribution in [0, 0.1) is 5.82 Å². The van der Waals surface area contributed by atoms with Crippen LogP contribution in [0.15, 0.2) is 47.3 Å². The second kappa shape index (κ2) is 6.00. The summed E-state index contributed by atoms with van der Waals surface area (Å²) in [6.45, 7) is 0.872. The monoisotopic (exact) mass is 343 g/mol. The average Bonchev–Trinajstić information content (AvgIpc) is 3.09. The van der Waals surface area contributed by atoms with Gasteiger partial charge in [-0.25, -0.2) is 9.37 Å². The number of nitrogens with one attached hydrogen (secondary N) is 1. The maximum Gasteiger partial charge on any atom is 0.267 e. The molecule has 0 bridgehead atoms. The molecule has 6 heteroatoms. The largest absolute Gasteiger partial charge is 0.307 e. The van der Waals surface area contributed by atoms with Gasteiger partial charge in [0.05, 0.1) is 27.7 Å². The van der Waals surface area contributed by atoms with Gasteiger partial charge in [0.2, 0.25) is 0 Å². The molecule has 1 atom stereocenters. The van der Waals surface area contributed by atoms with E-state index in [1.54, 1.807) is 30.3 Å². The molecule has 1 N–H and O–H groups in total. The van der Waals surface area contributed by atoms with Crippen LogP contribution < -0.4 is 10.9 Å². The number of nitrogens with zero attached hydrogens (tertiary/aromatic N) is 2. The SMILES string of the molecule is O=c1c2c(Cl)cccc2nc([C@@H]2CCCN2)n1-c1cccc(F)c1. The molecule has 0 unspecified atom stereocenters. The van der Waals surface area contributed by atoms with E-state index in [-0.39, 0.29) is 11.6 Å². The van der Waals surface area contributed by atoms with Crippen LogP contribution in [-0.4, -0.2) is 16.1 Å². The predicted octanol–water partition coefficient (Wildman–Crippen LogP) is 3.60. The molecule has 0 aliphatic carbocycles. The number of fused-ring (bicyclic) bond motifs is 1. The molecule has 1 aliphatic rings. The normalized spacial score (nSPS) is 17.5. The van der Waals surface area contributed by atoms with Crippen molar-refractivity contribution in [3.8, 4) is 5.69 Å². The lowest BCUT2D eigenvalue weighted by atomic mass is 10.1. The fourth-order valence-electron chi connectivity index (χ4n) is 3.21. The van der Waals surface area contributed by atoms with Gasteiger partial charge in [-0.05, 0) is 49.7 Å². The summed E-state index contributed by atoms with van der Waals surface area (Å²) in [5.74, 6) is 0.196. The zero-order chi connectivity index (χ0) is 16.7. The van der Waals surface area contributed by atoms with Crippen molar-refractivity contribution in [2.75, 3.05) is 6.54 Å². The molecule has 1 aliphatic heterocycles. The molecule has 0 amide bonds. The standard InChI is InChI=1S/C18H15ClFN3O/c19-13-6-2-7-14-16(13)18(24)23(12-5-1-4-11(20)10-12)17(22-14)15-8-3-9-21-15/h1-2,4-7,10,15,21H,3,8-9H2/t15-/m0/s1. The van der Waals surface area contributed by atoms with Crippen LogP contribution in [0.5, 0.6) is 0 Å². The highest BCUT2D eigenvalue weighted by atomic mass is 35.5. The van der Waals surface area contributed by atoms with Crippen molar-refractivity contribution in [1.29, 1.82) is 0 Å². The zero-order valence-corrected chi connectivity index (χ0v) is 13.6. The third-order valence-electron chi connectivity index (χ3n) is 4.31. The Balaban J connectivity index is 2.08. The van der Waals surface area contributed by atoms with Crippen LogP contribution in [0.25, 0.3) is 16.6 Å². The van der Waals surface area contributed by atoms with Crippen molar-refractivity contribution >= 4 is 22.5 Å². The lowest BCUT2D eigenvalue weighted by Gasteiger charge is -2.18. The quantitative estimate of drug-likeness (QED) is 0.773. The minimum absolute atomic E-state index is 0.0376. The Labute approximate surface area is 142 Å². The summed E-state index contributed by atoms with van der Waals surface area (Å²) in [5.41, 5.74) is 0.738. The molecule has 2 heterocycles. The van der Waals surface area contributed by atoms with Gasteiger partial charge in [-0.1, -0.05) is 23.7 Å². The van der Waals surface area contributed by atoms with Crippen LogP contribution in [0.1, 0.15) is 24.7 Å². The molecule has 2 aromatic carbocycles. The number of hydrogen-bond donors (Lipinski definition) is 1. The summed E-state index contributed by atoms with van der Waals surface area (Å²) in [4.78, 5) is 17.8. The van der Waals surface area contributed by atoms with Crippen LogP contribution in [0.3, 0.4) is 0 Å². The summed E-state index contributed by atoms with van der Waals surface area (Å²) in [6.07, 6.45) is 1.89. The predicted molar refractivity (Wildman–Crippen MR) is 92.3 cm³/mol. The van der Waals surface area contributed by atoms with E-state index in [1.807, 2.05) is 0 Å². The minimum Gasteiger partial charge on any atom is -0.307 e. The molecule has 0 radical (unpaired) electrons. The third-order valence-corrected chi connectivity index (χ3v) is 4.63. The molecule has 0 saturated carbocycles. The smallest absolute Gasteiger partial charge is 0.267 e. The van der Waals surface area contributed by atoms with Gasteiger partial charge < -0.3 is 5.32 Å². The Kier molecular flexibility index (Phi) is 3.82. The molecular weight excluding hydrogens is 329 g/mol. The summed E-state index contributed by atoms with van der Waals surface area (Å²) < 4.78 is 15.2. The number of hydrogen-bond acceptors (Lipinski definition) is 3. The van der Waals surface area contributed by atoms with Crippen molar-refractivity contribution in [3.63, 3.8) is 0 Å². The molecular formula is C18H15ClFN3O. The van der Waals surface area contributed by atoms with E-state index in [2.05, 4.69) is 10.3 Å². The highest BCUT2D eigenvalue weighted by Crippen LogP contribution is 2.26. The van der Waals surface area contributed by atoms with Crippen molar-refractivity contribution < 1.29 is 4.39 Å². The highest BCUT2D eigenvalue weighted by molar-refractivity contribution is 6.35. The zero-order valence-electron chi connectivity index (χ0n) is 12.8. The summed E-state index contributed by atoms with van der Waals surface area (Å²) in [6, 6.07) is 11.1. The van der Waals surface area contributed by atoms with Gasteiger partial charge in [-0.3, -0.25) is 9.36 Å². The summed E-state index contributed by atoms with van der Waals surface area (Å²) >= 11 is 6.22. The molecule has 4 nitrogen and oxygen atoms in total. The Morgan fingerprint density at radius 2 is 2.08 bits per heavy atom. The highest BCUT2D eigenvalue weighted by Gasteiger charge is 2.24. The Morgan fingerprint density at radius 1 is 1.25 bits per heavy atom. The van der Waals surface area contributed by atoms with Gasteiger partial charge in [-0.2, -0.15) is 0 Å². The molecule has 122 valence electrons. The summed E-state index contributed by atoms with van der Waals surface area (Å²) in [5, 5.41) is 4.06. The van der Waals surface area contributed by atoms with Gasteiger partial charge in [0, 0.05) is 0 Å². The third kappa shape index (κ3) is 2.50. The van der Waals surface area contributed by atoms with Crippen LogP contribution in [-0.2, 0) is 0 Å². The van der Waals surface area contributed by atoms with Gasteiger partial charge >= 0.3 is 0 Å². The van der Waals surface area contributed by atoms with Gasteiger partial charge in [0.1, 0.15) is 11.6 Å². The first kappa shape index (κ1) is 15.3. The van der Waals surface area contributed by atoms with E-state index in [1.165, 1.54) is 16.7 Å². The molecule has 24 heavy (non-hydrogen) atoms. The second-order valence-corrected chi connectivity index (χ2v) is 6.28. The topological polar surface area (TPSA) is 46.9 Å².